The lowest BCUT2D eigenvalue weighted by molar-refractivity contribution is 0.397. The summed E-state index contributed by atoms with van der Waals surface area (Å²) in [5.74, 6) is 0.951. The van der Waals surface area contributed by atoms with Gasteiger partial charge in [-0.3, -0.25) is 0 Å². The summed E-state index contributed by atoms with van der Waals surface area (Å²) >= 11 is 6.13. The van der Waals surface area contributed by atoms with Crippen molar-refractivity contribution in [3.8, 4) is 17.4 Å². The maximum absolute atomic E-state index is 6.13. The number of rotatable bonds is 3. The van der Waals surface area contributed by atoms with E-state index in [1.807, 2.05) is 13.8 Å². The van der Waals surface area contributed by atoms with Crippen molar-refractivity contribution < 1.29 is 4.74 Å². The van der Waals surface area contributed by atoms with Crippen LogP contribution in [0, 0.1) is 6.92 Å². The zero-order chi connectivity index (χ0) is 13.1. The van der Waals surface area contributed by atoms with E-state index >= 15 is 0 Å². The molecule has 0 aliphatic carbocycles. The molecule has 0 aromatic carbocycles. The Morgan fingerprint density at radius 2 is 2.06 bits per heavy atom. The summed E-state index contributed by atoms with van der Waals surface area (Å²) in [4.78, 5) is 16.7. The summed E-state index contributed by atoms with van der Waals surface area (Å²) in [7, 11) is 1.55. The molecule has 0 spiro atoms. The van der Waals surface area contributed by atoms with E-state index in [-0.39, 0.29) is 0 Å². The van der Waals surface area contributed by atoms with Gasteiger partial charge in [-0.2, -0.15) is 0 Å². The standard InChI is InChI=1S/C12H13ClN4O/c1-4-8-7(2)16-12(17-11(8)13)9-5-10(18-3)15-6-14-9/h5-6H,4H2,1-3H3. The van der Waals surface area contributed by atoms with Gasteiger partial charge >= 0.3 is 0 Å². The molecule has 0 aliphatic heterocycles. The van der Waals surface area contributed by atoms with Gasteiger partial charge in [-0.1, -0.05) is 18.5 Å². The van der Waals surface area contributed by atoms with Crippen LogP contribution in [-0.2, 0) is 6.42 Å². The van der Waals surface area contributed by atoms with E-state index < -0.39 is 0 Å². The molecule has 0 N–H and O–H groups in total. The fourth-order valence-electron chi connectivity index (χ4n) is 1.65. The summed E-state index contributed by atoms with van der Waals surface area (Å²) in [5, 5.41) is 0.470. The molecule has 18 heavy (non-hydrogen) atoms. The Hall–Kier alpha value is -1.75. The molecule has 2 aromatic heterocycles. The highest BCUT2D eigenvalue weighted by Crippen LogP contribution is 2.22. The molecular weight excluding hydrogens is 252 g/mol. The van der Waals surface area contributed by atoms with Gasteiger partial charge in [0.1, 0.15) is 17.2 Å². The van der Waals surface area contributed by atoms with Gasteiger partial charge in [0.25, 0.3) is 0 Å². The fourth-order valence-corrected chi connectivity index (χ4v) is 2.00. The van der Waals surface area contributed by atoms with Crippen molar-refractivity contribution in [1.82, 2.24) is 19.9 Å². The Balaban J connectivity index is 2.51. The van der Waals surface area contributed by atoms with Crippen molar-refractivity contribution in [2.24, 2.45) is 0 Å². The highest BCUT2D eigenvalue weighted by molar-refractivity contribution is 6.30. The van der Waals surface area contributed by atoms with Crippen molar-refractivity contribution >= 4 is 11.6 Å². The van der Waals surface area contributed by atoms with Gasteiger partial charge in [0, 0.05) is 17.3 Å². The van der Waals surface area contributed by atoms with Crippen LogP contribution in [0.15, 0.2) is 12.4 Å². The average molecular weight is 265 g/mol. The molecule has 0 atom stereocenters. The quantitative estimate of drug-likeness (QED) is 0.797. The van der Waals surface area contributed by atoms with Crippen LogP contribution in [0.5, 0.6) is 5.88 Å². The first kappa shape index (κ1) is 12.7. The minimum absolute atomic E-state index is 0.469. The van der Waals surface area contributed by atoms with Gasteiger partial charge in [0.2, 0.25) is 5.88 Å². The first-order valence-electron chi connectivity index (χ1n) is 5.55. The van der Waals surface area contributed by atoms with Gasteiger partial charge in [0.05, 0.1) is 7.11 Å². The smallest absolute Gasteiger partial charge is 0.216 e. The van der Waals surface area contributed by atoms with E-state index in [1.54, 1.807) is 13.2 Å². The summed E-state index contributed by atoms with van der Waals surface area (Å²) in [5.41, 5.74) is 2.42. The number of methoxy groups -OCH3 is 1. The SMILES string of the molecule is CCc1c(C)nc(-c2cc(OC)ncn2)nc1Cl. The predicted molar refractivity (Wildman–Crippen MR) is 68.7 cm³/mol. The minimum Gasteiger partial charge on any atom is -0.481 e. The molecule has 0 bridgehead atoms. The molecular formula is C12H13ClN4O. The molecule has 0 radical (unpaired) electrons. The van der Waals surface area contributed by atoms with Crippen LogP contribution >= 0.6 is 11.6 Å². The summed E-state index contributed by atoms with van der Waals surface area (Å²) in [6, 6.07) is 1.68. The number of hydrogen-bond acceptors (Lipinski definition) is 5. The summed E-state index contributed by atoms with van der Waals surface area (Å²) in [6.07, 6.45) is 2.21. The van der Waals surface area contributed by atoms with Gasteiger partial charge in [-0.25, -0.2) is 19.9 Å². The van der Waals surface area contributed by atoms with Crippen LogP contribution < -0.4 is 4.74 Å². The highest BCUT2D eigenvalue weighted by Gasteiger charge is 2.11. The van der Waals surface area contributed by atoms with E-state index in [9.17, 15) is 0 Å². The Bertz CT molecular complexity index is 551. The van der Waals surface area contributed by atoms with Crippen molar-refractivity contribution in [2.45, 2.75) is 20.3 Å². The van der Waals surface area contributed by atoms with E-state index in [0.29, 0.717) is 22.6 Å². The Morgan fingerprint density at radius 3 is 2.67 bits per heavy atom. The number of ether oxygens (including phenoxy) is 1. The third-order valence-corrected chi connectivity index (χ3v) is 2.91. The van der Waals surface area contributed by atoms with Crippen LogP contribution in [-0.4, -0.2) is 27.0 Å². The van der Waals surface area contributed by atoms with Crippen molar-refractivity contribution in [3.63, 3.8) is 0 Å². The lowest BCUT2D eigenvalue weighted by Crippen LogP contribution is -2.01. The Morgan fingerprint density at radius 1 is 1.28 bits per heavy atom. The first-order valence-corrected chi connectivity index (χ1v) is 5.93. The Labute approximate surface area is 110 Å². The van der Waals surface area contributed by atoms with E-state index in [1.165, 1.54) is 6.33 Å². The third-order valence-electron chi connectivity index (χ3n) is 2.60. The fraction of sp³-hybridized carbons (Fsp3) is 0.333. The molecule has 5 nitrogen and oxygen atoms in total. The molecule has 94 valence electrons. The third kappa shape index (κ3) is 2.41. The molecule has 0 fully saturated rings. The van der Waals surface area contributed by atoms with Crippen molar-refractivity contribution in [1.29, 1.82) is 0 Å². The van der Waals surface area contributed by atoms with Gasteiger partial charge in [-0.05, 0) is 13.3 Å². The maximum atomic E-state index is 6.13. The Kier molecular flexibility index (Phi) is 3.72. The zero-order valence-corrected chi connectivity index (χ0v) is 11.2. The maximum Gasteiger partial charge on any atom is 0.216 e. The second-order valence-corrected chi connectivity index (χ2v) is 4.06. The number of aromatic nitrogens is 4. The second-order valence-electron chi connectivity index (χ2n) is 3.70. The molecule has 0 unspecified atom stereocenters. The summed E-state index contributed by atoms with van der Waals surface area (Å²) < 4.78 is 5.04. The topological polar surface area (TPSA) is 60.8 Å². The molecule has 0 saturated heterocycles. The van der Waals surface area contributed by atoms with Crippen LogP contribution in [0.4, 0.5) is 0 Å². The molecule has 2 aromatic rings. The largest absolute Gasteiger partial charge is 0.481 e. The van der Waals surface area contributed by atoms with E-state index in [2.05, 4.69) is 19.9 Å². The van der Waals surface area contributed by atoms with Crippen LogP contribution in [0.3, 0.4) is 0 Å². The number of hydrogen-bond donors (Lipinski definition) is 0. The van der Waals surface area contributed by atoms with Crippen molar-refractivity contribution in [3.05, 3.63) is 28.8 Å². The second kappa shape index (κ2) is 5.27. The minimum atomic E-state index is 0.469. The molecule has 6 heteroatoms. The van der Waals surface area contributed by atoms with Crippen molar-refractivity contribution in [2.75, 3.05) is 7.11 Å². The molecule has 0 saturated carbocycles. The van der Waals surface area contributed by atoms with Crippen LogP contribution in [0.2, 0.25) is 5.15 Å². The first-order chi connectivity index (χ1) is 8.65. The predicted octanol–water partition coefficient (Wildman–Crippen LogP) is 2.47. The monoisotopic (exact) mass is 264 g/mol. The van der Waals surface area contributed by atoms with Crippen LogP contribution in [0.25, 0.3) is 11.5 Å². The molecule has 0 amide bonds. The number of nitrogens with zero attached hydrogens (tertiary/aromatic N) is 4. The lowest BCUT2D eigenvalue weighted by atomic mass is 10.2. The lowest BCUT2D eigenvalue weighted by Gasteiger charge is -2.07. The molecule has 2 heterocycles. The summed E-state index contributed by atoms with van der Waals surface area (Å²) in [6.45, 7) is 3.93. The zero-order valence-electron chi connectivity index (χ0n) is 10.4. The molecule has 2 rings (SSSR count). The van der Waals surface area contributed by atoms with Gasteiger partial charge in [0.15, 0.2) is 5.82 Å². The number of halogens is 1. The van der Waals surface area contributed by atoms with E-state index in [4.69, 9.17) is 16.3 Å². The number of aryl methyl sites for hydroxylation is 1. The van der Waals surface area contributed by atoms with Crippen LogP contribution in [0.1, 0.15) is 18.2 Å². The normalized spacial score (nSPS) is 10.4. The highest BCUT2D eigenvalue weighted by atomic mass is 35.5. The van der Waals surface area contributed by atoms with Gasteiger partial charge in [-0.15, -0.1) is 0 Å². The molecule has 0 aliphatic rings. The van der Waals surface area contributed by atoms with Gasteiger partial charge < -0.3 is 4.74 Å². The average Bonchev–Trinajstić information content (AvgIpc) is 2.38. The van der Waals surface area contributed by atoms with E-state index in [0.717, 1.165) is 17.7 Å².